The van der Waals surface area contributed by atoms with Crippen LogP contribution in [0.2, 0.25) is 0 Å². The number of hydrogen-bond donors (Lipinski definition) is 1. The van der Waals surface area contributed by atoms with Crippen LogP contribution in [0.15, 0.2) is 24.4 Å². The van der Waals surface area contributed by atoms with Crippen LogP contribution in [0.25, 0.3) is 10.9 Å². The number of benzene rings is 1. The highest BCUT2D eigenvalue weighted by atomic mass is 19.1. The molecule has 0 bridgehead atoms. The van der Waals surface area contributed by atoms with E-state index in [0.717, 1.165) is 23.7 Å². The fourth-order valence-electron chi connectivity index (χ4n) is 2.51. The Balaban J connectivity index is 2.27. The van der Waals surface area contributed by atoms with Crippen molar-refractivity contribution in [2.45, 2.75) is 18.3 Å². The Morgan fingerprint density at radius 1 is 1.44 bits per heavy atom. The Kier molecular flexibility index (Phi) is 1.89. The van der Waals surface area contributed by atoms with Crippen LogP contribution in [0.4, 0.5) is 4.39 Å². The second-order valence-electron chi connectivity index (χ2n) is 4.80. The third-order valence-corrected chi connectivity index (χ3v) is 3.77. The summed E-state index contributed by atoms with van der Waals surface area (Å²) < 4.78 is 15.2. The summed E-state index contributed by atoms with van der Waals surface area (Å²) in [4.78, 5) is 0. The Labute approximate surface area is 93.9 Å². The molecule has 0 saturated heterocycles. The van der Waals surface area contributed by atoms with Crippen LogP contribution >= 0.6 is 0 Å². The summed E-state index contributed by atoms with van der Waals surface area (Å²) in [5.41, 5.74) is 8.25. The minimum Gasteiger partial charge on any atom is -0.350 e. The summed E-state index contributed by atoms with van der Waals surface area (Å²) >= 11 is 0. The van der Waals surface area contributed by atoms with E-state index < -0.39 is 0 Å². The maximum atomic E-state index is 13.2. The maximum Gasteiger partial charge on any atom is 0.125 e. The van der Waals surface area contributed by atoms with E-state index in [1.165, 1.54) is 11.6 Å². The number of fused-ring (bicyclic) bond motifs is 1. The van der Waals surface area contributed by atoms with Crippen molar-refractivity contribution >= 4 is 10.9 Å². The van der Waals surface area contributed by atoms with Gasteiger partial charge in [-0.3, -0.25) is 0 Å². The lowest BCUT2D eigenvalue weighted by atomic mass is 9.96. The summed E-state index contributed by atoms with van der Waals surface area (Å²) in [5.74, 6) is -0.183. The third-order valence-electron chi connectivity index (χ3n) is 3.77. The molecule has 2 nitrogen and oxygen atoms in total. The van der Waals surface area contributed by atoms with Crippen molar-refractivity contribution in [3.8, 4) is 0 Å². The van der Waals surface area contributed by atoms with E-state index in [-0.39, 0.29) is 11.2 Å². The van der Waals surface area contributed by atoms with Crippen molar-refractivity contribution in [2.75, 3.05) is 6.54 Å². The van der Waals surface area contributed by atoms with Crippen LogP contribution in [-0.4, -0.2) is 11.1 Å². The number of halogens is 1. The second kappa shape index (κ2) is 3.08. The lowest BCUT2D eigenvalue weighted by Gasteiger charge is -2.10. The molecular formula is C13H15FN2. The van der Waals surface area contributed by atoms with Gasteiger partial charge in [0.15, 0.2) is 0 Å². The van der Waals surface area contributed by atoms with Gasteiger partial charge in [-0.05, 0) is 36.6 Å². The SMILES string of the molecule is Cn1cc(C2(CN)CC2)c2ccc(F)cc21. The fraction of sp³-hybridized carbons (Fsp3) is 0.385. The first-order valence-electron chi connectivity index (χ1n) is 5.61. The molecule has 0 unspecified atom stereocenters. The second-order valence-corrected chi connectivity index (χ2v) is 4.80. The largest absolute Gasteiger partial charge is 0.350 e. The summed E-state index contributed by atoms with van der Waals surface area (Å²) in [5, 5.41) is 1.15. The minimum absolute atomic E-state index is 0.164. The summed E-state index contributed by atoms with van der Waals surface area (Å²) in [6.45, 7) is 0.684. The topological polar surface area (TPSA) is 30.9 Å². The number of nitrogens with zero attached hydrogens (tertiary/aromatic N) is 1. The smallest absolute Gasteiger partial charge is 0.125 e. The summed E-state index contributed by atoms with van der Waals surface area (Å²) in [6.07, 6.45) is 4.41. The predicted octanol–water partition coefficient (Wildman–Crippen LogP) is 2.31. The van der Waals surface area contributed by atoms with E-state index in [1.54, 1.807) is 6.07 Å². The predicted molar refractivity (Wildman–Crippen MR) is 62.8 cm³/mol. The molecule has 3 rings (SSSR count). The molecule has 1 aliphatic rings. The first-order valence-corrected chi connectivity index (χ1v) is 5.61. The van der Waals surface area contributed by atoms with Crippen molar-refractivity contribution in [3.63, 3.8) is 0 Å². The van der Waals surface area contributed by atoms with Crippen molar-refractivity contribution in [1.82, 2.24) is 4.57 Å². The number of aromatic nitrogens is 1. The van der Waals surface area contributed by atoms with Gasteiger partial charge in [0.25, 0.3) is 0 Å². The van der Waals surface area contributed by atoms with Gasteiger partial charge < -0.3 is 10.3 Å². The Morgan fingerprint density at radius 3 is 2.81 bits per heavy atom. The molecule has 0 radical (unpaired) electrons. The lowest BCUT2D eigenvalue weighted by molar-refractivity contribution is 0.629. The van der Waals surface area contributed by atoms with Crippen molar-refractivity contribution < 1.29 is 4.39 Å². The highest BCUT2D eigenvalue weighted by molar-refractivity contribution is 5.85. The Hall–Kier alpha value is -1.35. The van der Waals surface area contributed by atoms with Gasteiger partial charge in [0.05, 0.1) is 5.52 Å². The van der Waals surface area contributed by atoms with Gasteiger partial charge in [0, 0.05) is 30.6 Å². The van der Waals surface area contributed by atoms with E-state index in [1.807, 2.05) is 17.7 Å². The van der Waals surface area contributed by atoms with Crippen LogP contribution < -0.4 is 5.73 Å². The van der Waals surface area contributed by atoms with Crippen molar-refractivity contribution in [1.29, 1.82) is 0 Å². The van der Waals surface area contributed by atoms with Gasteiger partial charge in [-0.1, -0.05) is 0 Å². The Bertz CT molecular complexity index is 552. The minimum atomic E-state index is -0.183. The molecule has 1 fully saturated rings. The normalized spacial score (nSPS) is 17.9. The van der Waals surface area contributed by atoms with Gasteiger partial charge in [0.2, 0.25) is 0 Å². The molecule has 1 aliphatic carbocycles. The first-order chi connectivity index (χ1) is 7.66. The van der Waals surface area contributed by atoms with E-state index in [2.05, 4.69) is 6.20 Å². The van der Waals surface area contributed by atoms with Crippen molar-refractivity contribution in [3.05, 3.63) is 35.8 Å². The molecule has 2 aromatic rings. The quantitative estimate of drug-likeness (QED) is 0.824. The first kappa shape index (κ1) is 9.85. The van der Waals surface area contributed by atoms with Gasteiger partial charge in [-0.15, -0.1) is 0 Å². The molecule has 1 aromatic heterocycles. The van der Waals surface area contributed by atoms with Crippen molar-refractivity contribution in [2.24, 2.45) is 12.8 Å². The molecule has 0 atom stereocenters. The number of rotatable bonds is 2. The van der Waals surface area contributed by atoms with Gasteiger partial charge in [-0.25, -0.2) is 4.39 Å². The molecule has 0 amide bonds. The highest BCUT2D eigenvalue weighted by Crippen LogP contribution is 2.49. The zero-order chi connectivity index (χ0) is 11.3. The zero-order valence-corrected chi connectivity index (χ0v) is 9.33. The molecule has 2 N–H and O–H groups in total. The molecule has 1 saturated carbocycles. The van der Waals surface area contributed by atoms with Crippen LogP contribution in [0.3, 0.4) is 0 Å². The van der Waals surface area contributed by atoms with E-state index >= 15 is 0 Å². The molecule has 16 heavy (non-hydrogen) atoms. The van der Waals surface area contributed by atoms with E-state index in [0.29, 0.717) is 6.54 Å². The molecule has 1 heterocycles. The Morgan fingerprint density at radius 2 is 2.19 bits per heavy atom. The van der Waals surface area contributed by atoms with E-state index in [9.17, 15) is 4.39 Å². The van der Waals surface area contributed by atoms with Crippen LogP contribution in [0.1, 0.15) is 18.4 Å². The molecule has 1 aromatic carbocycles. The maximum absolute atomic E-state index is 13.2. The summed E-state index contributed by atoms with van der Waals surface area (Å²) in [7, 11) is 1.96. The molecule has 0 spiro atoms. The lowest BCUT2D eigenvalue weighted by Crippen LogP contribution is -2.19. The summed E-state index contributed by atoms with van der Waals surface area (Å²) in [6, 6.07) is 4.99. The van der Waals surface area contributed by atoms with Gasteiger partial charge in [0.1, 0.15) is 5.82 Å². The average molecular weight is 218 g/mol. The van der Waals surface area contributed by atoms with Gasteiger partial charge in [-0.2, -0.15) is 0 Å². The number of nitrogens with two attached hydrogens (primary N) is 1. The number of hydrogen-bond acceptors (Lipinski definition) is 1. The van der Waals surface area contributed by atoms with Crippen LogP contribution in [0, 0.1) is 5.82 Å². The number of aryl methyl sites for hydroxylation is 1. The van der Waals surface area contributed by atoms with Crippen LogP contribution in [0.5, 0.6) is 0 Å². The highest BCUT2D eigenvalue weighted by Gasteiger charge is 2.44. The molecular weight excluding hydrogens is 203 g/mol. The average Bonchev–Trinajstić information content (AvgIpc) is 3.01. The third kappa shape index (κ3) is 1.21. The van der Waals surface area contributed by atoms with Crippen LogP contribution in [-0.2, 0) is 12.5 Å². The van der Waals surface area contributed by atoms with Gasteiger partial charge >= 0.3 is 0 Å². The zero-order valence-electron chi connectivity index (χ0n) is 9.33. The molecule has 0 aliphatic heterocycles. The fourth-order valence-corrected chi connectivity index (χ4v) is 2.51. The molecule has 3 heteroatoms. The molecule has 84 valence electrons. The monoisotopic (exact) mass is 218 g/mol. The van der Waals surface area contributed by atoms with E-state index in [4.69, 9.17) is 5.73 Å². The standard InChI is InChI=1S/C13H15FN2/c1-16-7-11(13(8-15)4-5-13)10-3-2-9(14)6-12(10)16/h2-3,6-7H,4-5,8,15H2,1H3.